The lowest BCUT2D eigenvalue weighted by molar-refractivity contribution is -0.117. The Kier molecular flexibility index (Phi) is 4.07. The molecule has 1 aliphatic carbocycles. The number of amides is 1. The maximum atomic E-state index is 11.8. The van der Waals surface area contributed by atoms with Gasteiger partial charge in [-0.15, -0.1) is 0 Å². The molecule has 1 saturated carbocycles. The van der Waals surface area contributed by atoms with Gasteiger partial charge in [-0.3, -0.25) is 4.79 Å². The average molecular weight is 353 g/mol. The van der Waals surface area contributed by atoms with Crippen LogP contribution < -0.4 is 20.5 Å². The number of nitrogens with one attached hydrogen (secondary N) is 1. The first-order valence-electron chi connectivity index (χ1n) is 9.00. The predicted molar refractivity (Wildman–Crippen MR) is 98.8 cm³/mol. The lowest BCUT2D eigenvalue weighted by Gasteiger charge is -2.14. The number of ether oxygens (including phenoxy) is 2. The molecule has 0 bridgehead atoms. The van der Waals surface area contributed by atoms with Gasteiger partial charge in [-0.05, 0) is 49.9 Å². The molecule has 1 aromatic heterocycles. The monoisotopic (exact) mass is 353 g/mol. The third-order valence-electron chi connectivity index (χ3n) is 5.19. The zero-order chi connectivity index (χ0) is 18.3. The van der Waals surface area contributed by atoms with Crippen LogP contribution in [0.25, 0.3) is 0 Å². The number of benzene rings is 1. The zero-order valence-electron chi connectivity index (χ0n) is 15.0. The van der Waals surface area contributed by atoms with Gasteiger partial charge in [0.05, 0.1) is 18.8 Å². The lowest BCUT2D eigenvalue weighted by atomic mass is 9.95. The molecule has 1 spiro atoms. The molecule has 0 radical (unpaired) electrons. The molecule has 0 unspecified atom stereocenters. The quantitative estimate of drug-likeness (QED) is 0.861. The van der Waals surface area contributed by atoms with Crippen molar-refractivity contribution in [2.45, 2.75) is 44.6 Å². The Morgan fingerprint density at radius 2 is 2.19 bits per heavy atom. The van der Waals surface area contributed by atoms with Crippen molar-refractivity contribution < 1.29 is 14.3 Å². The van der Waals surface area contributed by atoms with E-state index >= 15 is 0 Å². The molecule has 0 saturated heterocycles. The highest BCUT2D eigenvalue weighted by Crippen LogP contribution is 2.59. The van der Waals surface area contributed by atoms with Crippen molar-refractivity contribution >= 4 is 11.7 Å². The molecule has 2 aromatic rings. The van der Waals surface area contributed by atoms with Crippen molar-refractivity contribution in [3.05, 3.63) is 41.6 Å². The first-order valence-corrected chi connectivity index (χ1v) is 9.00. The first kappa shape index (κ1) is 16.8. The molecule has 1 aliphatic heterocycles. The van der Waals surface area contributed by atoms with Crippen LogP contribution >= 0.6 is 0 Å². The normalized spacial score (nSPS) is 17.3. The van der Waals surface area contributed by atoms with Crippen molar-refractivity contribution in [1.82, 2.24) is 4.98 Å². The Bertz CT molecular complexity index is 844. The molecule has 3 N–H and O–H groups in total. The van der Waals surface area contributed by atoms with Gasteiger partial charge in [0.15, 0.2) is 0 Å². The van der Waals surface area contributed by atoms with Crippen LogP contribution in [0.3, 0.4) is 0 Å². The van der Waals surface area contributed by atoms with Crippen molar-refractivity contribution in [2.24, 2.45) is 5.73 Å². The van der Waals surface area contributed by atoms with E-state index in [1.807, 2.05) is 19.1 Å². The minimum Gasteiger partial charge on any atom is -0.492 e. The standard InChI is InChI=1S/C20H23N3O3/c1-3-14(21)19(24)23-16-7-5-13(10-22-16)26-15-6-4-12(2)18-17(15)20(8-9-20)11-25-18/h4-7,10,14H,3,8-9,11,21H2,1-2H3,(H,22,23,24)/t14-/m1/s1. The SMILES string of the molecule is CC[C@@H](N)C(=O)Nc1ccc(Oc2ccc(C)c3c2C2(CC2)CO3)cn1. The molecule has 1 atom stereocenters. The maximum absolute atomic E-state index is 11.8. The fraction of sp³-hybridized carbons (Fsp3) is 0.400. The van der Waals surface area contributed by atoms with E-state index in [-0.39, 0.29) is 11.3 Å². The number of nitrogens with two attached hydrogens (primary N) is 1. The summed E-state index contributed by atoms with van der Waals surface area (Å²) in [4.78, 5) is 16.1. The van der Waals surface area contributed by atoms with Crippen LogP contribution in [0, 0.1) is 6.92 Å². The second-order valence-electron chi connectivity index (χ2n) is 7.14. The van der Waals surface area contributed by atoms with Gasteiger partial charge in [0, 0.05) is 11.0 Å². The molecular weight excluding hydrogens is 330 g/mol. The Labute approximate surface area is 152 Å². The number of carbonyl (C=O) groups is 1. The van der Waals surface area contributed by atoms with Gasteiger partial charge >= 0.3 is 0 Å². The average Bonchev–Trinajstić information content (AvgIpc) is 3.32. The van der Waals surface area contributed by atoms with E-state index in [9.17, 15) is 4.79 Å². The third-order valence-corrected chi connectivity index (χ3v) is 5.19. The Morgan fingerprint density at radius 1 is 1.38 bits per heavy atom. The number of nitrogens with zero attached hydrogens (tertiary/aromatic N) is 1. The lowest BCUT2D eigenvalue weighted by Crippen LogP contribution is -2.35. The summed E-state index contributed by atoms with van der Waals surface area (Å²) in [6, 6.07) is 7.00. The van der Waals surface area contributed by atoms with E-state index in [1.165, 1.54) is 5.56 Å². The number of aromatic nitrogens is 1. The first-order chi connectivity index (χ1) is 12.5. The van der Waals surface area contributed by atoms with E-state index in [0.29, 0.717) is 18.0 Å². The van der Waals surface area contributed by atoms with Crippen molar-refractivity contribution in [2.75, 3.05) is 11.9 Å². The Hall–Kier alpha value is -2.60. The van der Waals surface area contributed by atoms with Crippen LogP contribution in [0.2, 0.25) is 0 Å². The fourth-order valence-corrected chi connectivity index (χ4v) is 3.32. The highest BCUT2D eigenvalue weighted by atomic mass is 16.5. The number of rotatable bonds is 5. The van der Waals surface area contributed by atoms with Gasteiger partial charge < -0.3 is 20.5 Å². The maximum Gasteiger partial charge on any atom is 0.242 e. The summed E-state index contributed by atoms with van der Waals surface area (Å²) in [5, 5.41) is 2.71. The molecule has 26 heavy (non-hydrogen) atoms. The number of carbonyl (C=O) groups excluding carboxylic acids is 1. The summed E-state index contributed by atoms with van der Waals surface area (Å²) in [5.74, 6) is 2.63. The number of hydrogen-bond donors (Lipinski definition) is 2. The minimum atomic E-state index is -0.530. The number of anilines is 1. The van der Waals surface area contributed by atoms with Crippen LogP contribution in [-0.4, -0.2) is 23.5 Å². The van der Waals surface area contributed by atoms with Gasteiger partial charge in [0.25, 0.3) is 0 Å². The van der Waals surface area contributed by atoms with E-state index in [1.54, 1.807) is 18.3 Å². The number of pyridine rings is 1. The largest absolute Gasteiger partial charge is 0.492 e. The van der Waals surface area contributed by atoms with Crippen LogP contribution in [0.1, 0.15) is 37.3 Å². The highest BCUT2D eigenvalue weighted by Gasteiger charge is 2.53. The fourth-order valence-electron chi connectivity index (χ4n) is 3.32. The molecule has 2 aliphatic rings. The number of hydrogen-bond acceptors (Lipinski definition) is 5. The van der Waals surface area contributed by atoms with Crippen molar-refractivity contribution in [3.63, 3.8) is 0 Å². The minimum absolute atomic E-state index is 0.133. The van der Waals surface area contributed by atoms with E-state index < -0.39 is 6.04 Å². The molecule has 6 nitrogen and oxygen atoms in total. The van der Waals surface area contributed by atoms with Gasteiger partial charge in [-0.2, -0.15) is 0 Å². The van der Waals surface area contributed by atoms with E-state index in [0.717, 1.165) is 36.5 Å². The molecule has 4 rings (SSSR count). The molecule has 136 valence electrons. The highest BCUT2D eigenvalue weighted by molar-refractivity contribution is 5.93. The summed E-state index contributed by atoms with van der Waals surface area (Å²) in [5.41, 5.74) is 8.17. The molecule has 1 fully saturated rings. The van der Waals surface area contributed by atoms with Crippen LogP contribution in [0.5, 0.6) is 17.2 Å². The summed E-state index contributed by atoms with van der Waals surface area (Å²) in [7, 11) is 0. The topological polar surface area (TPSA) is 86.5 Å². The third kappa shape index (κ3) is 2.90. The molecule has 1 aromatic carbocycles. The second-order valence-corrected chi connectivity index (χ2v) is 7.14. The molecular formula is C20H23N3O3. The van der Waals surface area contributed by atoms with Gasteiger partial charge in [-0.1, -0.05) is 13.0 Å². The van der Waals surface area contributed by atoms with E-state index in [4.69, 9.17) is 15.2 Å². The van der Waals surface area contributed by atoms with Gasteiger partial charge in [0.1, 0.15) is 23.1 Å². The number of aryl methyl sites for hydroxylation is 1. The second kappa shape index (κ2) is 6.29. The summed E-state index contributed by atoms with van der Waals surface area (Å²) < 4.78 is 12.0. The molecule has 1 amide bonds. The summed E-state index contributed by atoms with van der Waals surface area (Å²) >= 11 is 0. The molecule has 2 heterocycles. The van der Waals surface area contributed by atoms with Gasteiger partial charge in [-0.25, -0.2) is 4.98 Å². The Morgan fingerprint density at radius 3 is 2.85 bits per heavy atom. The van der Waals surface area contributed by atoms with Gasteiger partial charge in [0.2, 0.25) is 5.91 Å². The predicted octanol–water partition coefficient (Wildman–Crippen LogP) is 3.28. The summed E-state index contributed by atoms with van der Waals surface area (Å²) in [6.07, 6.45) is 4.46. The van der Waals surface area contributed by atoms with Crippen LogP contribution in [0.4, 0.5) is 5.82 Å². The van der Waals surface area contributed by atoms with Crippen LogP contribution in [-0.2, 0) is 10.2 Å². The zero-order valence-corrected chi connectivity index (χ0v) is 15.0. The van der Waals surface area contributed by atoms with Crippen molar-refractivity contribution in [3.8, 4) is 17.2 Å². The molecule has 6 heteroatoms. The summed E-state index contributed by atoms with van der Waals surface area (Å²) in [6.45, 7) is 4.67. The van der Waals surface area contributed by atoms with Crippen molar-refractivity contribution in [1.29, 1.82) is 0 Å². The van der Waals surface area contributed by atoms with Crippen LogP contribution in [0.15, 0.2) is 30.5 Å². The Balaban J connectivity index is 1.53. The smallest absolute Gasteiger partial charge is 0.242 e. The number of fused-ring (bicyclic) bond motifs is 2. The van der Waals surface area contributed by atoms with E-state index in [2.05, 4.69) is 17.2 Å².